The van der Waals surface area contributed by atoms with E-state index in [1.54, 1.807) is 0 Å². The van der Waals surface area contributed by atoms with Crippen LogP contribution in [0.4, 0.5) is 0 Å². The lowest BCUT2D eigenvalue weighted by Gasteiger charge is -2.27. The normalized spacial score (nSPS) is 18.7. The summed E-state index contributed by atoms with van der Waals surface area (Å²) in [6, 6.07) is 15.8. The van der Waals surface area contributed by atoms with Gasteiger partial charge in [-0.3, -0.25) is 0 Å². The SMILES string of the molecule is OC(Cc1ccc(Cl)cc1)CC1CCOc2ccccc21. The molecule has 3 rings (SSSR count). The Morgan fingerprint density at radius 3 is 2.71 bits per heavy atom. The van der Waals surface area contributed by atoms with Gasteiger partial charge in [-0.2, -0.15) is 0 Å². The average molecular weight is 303 g/mol. The molecule has 0 saturated heterocycles. The zero-order valence-electron chi connectivity index (χ0n) is 11.8. The molecule has 0 amide bonds. The van der Waals surface area contributed by atoms with Crippen LogP contribution in [0.1, 0.15) is 29.9 Å². The number of aliphatic hydroxyl groups is 1. The quantitative estimate of drug-likeness (QED) is 0.917. The van der Waals surface area contributed by atoms with E-state index in [1.807, 2.05) is 42.5 Å². The average Bonchev–Trinajstić information content (AvgIpc) is 2.50. The zero-order chi connectivity index (χ0) is 14.7. The third-order valence-electron chi connectivity index (χ3n) is 4.02. The summed E-state index contributed by atoms with van der Waals surface area (Å²) < 4.78 is 5.67. The minimum Gasteiger partial charge on any atom is -0.493 e. The van der Waals surface area contributed by atoms with Crippen LogP contribution < -0.4 is 4.74 Å². The topological polar surface area (TPSA) is 29.5 Å². The van der Waals surface area contributed by atoms with Crippen molar-refractivity contribution in [1.29, 1.82) is 0 Å². The molecule has 0 aromatic heterocycles. The van der Waals surface area contributed by atoms with Gasteiger partial charge in [-0.05, 0) is 54.5 Å². The first-order valence-electron chi connectivity index (χ1n) is 7.36. The van der Waals surface area contributed by atoms with Crippen LogP contribution in [0.3, 0.4) is 0 Å². The van der Waals surface area contributed by atoms with Crippen molar-refractivity contribution in [3.63, 3.8) is 0 Å². The predicted octanol–water partition coefficient (Wildman–Crippen LogP) is 4.20. The summed E-state index contributed by atoms with van der Waals surface area (Å²) in [5, 5.41) is 11.1. The van der Waals surface area contributed by atoms with Crippen molar-refractivity contribution >= 4 is 11.6 Å². The Morgan fingerprint density at radius 2 is 1.90 bits per heavy atom. The fourth-order valence-corrected chi connectivity index (χ4v) is 3.09. The van der Waals surface area contributed by atoms with Gasteiger partial charge < -0.3 is 9.84 Å². The number of hydrogen-bond acceptors (Lipinski definition) is 2. The van der Waals surface area contributed by atoms with E-state index in [-0.39, 0.29) is 6.10 Å². The van der Waals surface area contributed by atoms with E-state index < -0.39 is 0 Å². The maximum atomic E-state index is 10.4. The molecule has 2 aromatic rings. The minimum absolute atomic E-state index is 0.345. The summed E-state index contributed by atoms with van der Waals surface area (Å²) in [5.41, 5.74) is 2.34. The maximum absolute atomic E-state index is 10.4. The molecule has 21 heavy (non-hydrogen) atoms. The van der Waals surface area contributed by atoms with Crippen molar-refractivity contribution < 1.29 is 9.84 Å². The third kappa shape index (κ3) is 3.58. The van der Waals surface area contributed by atoms with E-state index in [2.05, 4.69) is 6.07 Å². The molecule has 0 fully saturated rings. The minimum atomic E-state index is -0.345. The van der Waals surface area contributed by atoms with Crippen LogP contribution in [-0.2, 0) is 6.42 Å². The van der Waals surface area contributed by atoms with Gasteiger partial charge in [0.05, 0.1) is 12.7 Å². The Labute approximate surface area is 130 Å². The maximum Gasteiger partial charge on any atom is 0.122 e. The van der Waals surface area contributed by atoms with Crippen molar-refractivity contribution in [3.8, 4) is 5.75 Å². The fourth-order valence-electron chi connectivity index (χ4n) is 2.97. The van der Waals surface area contributed by atoms with Crippen LogP contribution in [0, 0.1) is 0 Å². The van der Waals surface area contributed by atoms with Gasteiger partial charge in [-0.15, -0.1) is 0 Å². The highest BCUT2D eigenvalue weighted by molar-refractivity contribution is 6.30. The van der Waals surface area contributed by atoms with Gasteiger partial charge in [-0.1, -0.05) is 41.9 Å². The molecule has 0 spiro atoms. The second kappa shape index (κ2) is 6.50. The number of rotatable bonds is 4. The van der Waals surface area contributed by atoms with E-state index in [0.29, 0.717) is 12.3 Å². The Bertz CT molecular complexity index is 594. The molecule has 3 heteroatoms. The first-order chi connectivity index (χ1) is 10.2. The lowest BCUT2D eigenvalue weighted by molar-refractivity contribution is 0.143. The second-order valence-electron chi connectivity index (χ2n) is 5.59. The number of ether oxygens (including phenoxy) is 1. The van der Waals surface area contributed by atoms with E-state index in [9.17, 15) is 5.11 Å². The van der Waals surface area contributed by atoms with Crippen molar-refractivity contribution in [2.45, 2.75) is 31.3 Å². The summed E-state index contributed by atoms with van der Waals surface area (Å²) in [6.45, 7) is 0.731. The highest BCUT2D eigenvalue weighted by Gasteiger charge is 2.23. The molecular weight excluding hydrogens is 284 g/mol. The molecule has 1 N–H and O–H groups in total. The molecule has 1 aliphatic rings. The van der Waals surface area contributed by atoms with Gasteiger partial charge in [0.25, 0.3) is 0 Å². The zero-order valence-corrected chi connectivity index (χ0v) is 12.6. The van der Waals surface area contributed by atoms with Crippen LogP contribution in [0.5, 0.6) is 5.75 Å². The summed E-state index contributed by atoms with van der Waals surface area (Å²) in [7, 11) is 0. The highest BCUT2D eigenvalue weighted by Crippen LogP contribution is 2.36. The predicted molar refractivity (Wildman–Crippen MR) is 85.1 cm³/mol. The number of fused-ring (bicyclic) bond motifs is 1. The van der Waals surface area contributed by atoms with Crippen LogP contribution in [0.15, 0.2) is 48.5 Å². The largest absolute Gasteiger partial charge is 0.493 e. The Balaban J connectivity index is 1.65. The van der Waals surface area contributed by atoms with Crippen molar-refractivity contribution in [2.75, 3.05) is 6.61 Å². The molecule has 2 atom stereocenters. The van der Waals surface area contributed by atoms with E-state index in [0.717, 1.165) is 35.8 Å². The number of para-hydroxylation sites is 1. The molecule has 1 heterocycles. The number of halogens is 1. The first-order valence-corrected chi connectivity index (χ1v) is 7.74. The van der Waals surface area contributed by atoms with E-state index in [4.69, 9.17) is 16.3 Å². The van der Waals surface area contributed by atoms with Crippen molar-refractivity contribution in [1.82, 2.24) is 0 Å². The summed E-state index contributed by atoms with van der Waals surface area (Å²) >= 11 is 5.88. The Kier molecular flexibility index (Phi) is 4.47. The molecule has 2 nitrogen and oxygen atoms in total. The lowest BCUT2D eigenvalue weighted by atomic mass is 9.87. The van der Waals surface area contributed by atoms with Crippen molar-refractivity contribution in [2.24, 2.45) is 0 Å². The van der Waals surface area contributed by atoms with Crippen LogP contribution in [0.2, 0.25) is 5.02 Å². The Morgan fingerprint density at radius 1 is 1.14 bits per heavy atom. The summed E-state index contributed by atoms with van der Waals surface area (Å²) in [6.07, 6.45) is 2.05. The van der Waals surface area contributed by atoms with Crippen LogP contribution >= 0.6 is 11.6 Å². The number of benzene rings is 2. The molecular formula is C18H19ClO2. The molecule has 0 radical (unpaired) electrons. The number of aliphatic hydroxyl groups excluding tert-OH is 1. The smallest absolute Gasteiger partial charge is 0.122 e. The monoisotopic (exact) mass is 302 g/mol. The van der Waals surface area contributed by atoms with Gasteiger partial charge in [-0.25, -0.2) is 0 Å². The highest BCUT2D eigenvalue weighted by atomic mass is 35.5. The van der Waals surface area contributed by atoms with Crippen LogP contribution in [-0.4, -0.2) is 17.8 Å². The first kappa shape index (κ1) is 14.4. The standard InChI is InChI=1S/C18H19ClO2/c19-15-7-5-13(6-8-15)11-16(20)12-14-9-10-21-18-4-2-1-3-17(14)18/h1-8,14,16,20H,9-12H2. The second-order valence-corrected chi connectivity index (χ2v) is 6.03. The molecule has 2 aromatic carbocycles. The molecule has 1 aliphatic heterocycles. The van der Waals surface area contributed by atoms with Crippen molar-refractivity contribution in [3.05, 3.63) is 64.7 Å². The van der Waals surface area contributed by atoms with E-state index >= 15 is 0 Å². The van der Waals surface area contributed by atoms with Gasteiger partial charge in [0.15, 0.2) is 0 Å². The molecule has 110 valence electrons. The summed E-state index contributed by atoms with van der Waals surface area (Å²) in [5.74, 6) is 1.34. The fraction of sp³-hybridized carbons (Fsp3) is 0.333. The van der Waals surface area contributed by atoms with Gasteiger partial charge in [0.1, 0.15) is 5.75 Å². The third-order valence-corrected chi connectivity index (χ3v) is 4.28. The van der Waals surface area contributed by atoms with Gasteiger partial charge in [0, 0.05) is 5.02 Å². The van der Waals surface area contributed by atoms with Crippen LogP contribution in [0.25, 0.3) is 0 Å². The van der Waals surface area contributed by atoms with Gasteiger partial charge in [0.2, 0.25) is 0 Å². The van der Waals surface area contributed by atoms with Gasteiger partial charge >= 0.3 is 0 Å². The molecule has 0 saturated carbocycles. The Hall–Kier alpha value is -1.51. The lowest BCUT2D eigenvalue weighted by Crippen LogP contribution is -2.20. The summed E-state index contributed by atoms with van der Waals surface area (Å²) in [4.78, 5) is 0. The molecule has 2 unspecified atom stereocenters. The van der Waals surface area contributed by atoms with E-state index in [1.165, 1.54) is 5.56 Å². The number of hydrogen-bond donors (Lipinski definition) is 1. The molecule has 0 bridgehead atoms. The molecule has 0 aliphatic carbocycles.